The van der Waals surface area contributed by atoms with Crippen molar-refractivity contribution in [1.29, 1.82) is 0 Å². The van der Waals surface area contributed by atoms with Crippen LogP contribution in [0, 0.1) is 0 Å². The van der Waals surface area contributed by atoms with E-state index in [1.165, 1.54) is 11.3 Å². The molecule has 1 aromatic heterocycles. The molecule has 1 fully saturated rings. The second kappa shape index (κ2) is 5.89. The molecule has 2 heterocycles. The number of likely N-dealkylation sites (N-methyl/N-ethyl adjacent to an activating group) is 1. The quantitative estimate of drug-likeness (QED) is 0.629. The minimum absolute atomic E-state index is 0.295. The van der Waals surface area contributed by atoms with Crippen LogP contribution in [0.5, 0.6) is 0 Å². The summed E-state index contributed by atoms with van der Waals surface area (Å²) in [6.45, 7) is 2.97. The summed E-state index contributed by atoms with van der Waals surface area (Å²) in [5.74, 6) is -0.394. The summed E-state index contributed by atoms with van der Waals surface area (Å²) in [4.78, 5) is 27.8. The van der Waals surface area contributed by atoms with Gasteiger partial charge in [0.05, 0.1) is 5.69 Å². The van der Waals surface area contributed by atoms with Gasteiger partial charge in [-0.15, -0.1) is 11.3 Å². The van der Waals surface area contributed by atoms with E-state index in [-0.39, 0.29) is 6.03 Å². The van der Waals surface area contributed by atoms with Gasteiger partial charge >= 0.3 is 6.03 Å². The van der Waals surface area contributed by atoms with Gasteiger partial charge in [0.15, 0.2) is 0 Å². The van der Waals surface area contributed by atoms with Gasteiger partial charge < -0.3 is 15.5 Å². The minimum atomic E-state index is -0.394. The molecule has 7 nitrogen and oxygen atoms in total. The number of nitrogens with two attached hydrogens (primary N) is 1. The number of nitrogens with zero attached hydrogens (tertiary/aromatic N) is 2. The smallest absolute Gasteiger partial charge is 0.336 e. The molecule has 0 aromatic carbocycles. The SMILES string of the molecule is CN1CCN(C(=O)NNC(=O)c2sccc2N)CC1. The normalized spacial score (nSPS) is 16.2. The molecule has 0 aliphatic carbocycles. The Morgan fingerprint density at radius 1 is 1.26 bits per heavy atom. The summed E-state index contributed by atoms with van der Waals surface area (Å²) < 4.78 is 0. The first-order valence-corrected chi connectivity index (χ1v) is 6.82. The van der Waals surface area contributed by atoms with Crippen molar-refractivity contribution in [3.63, 3.8) is 0 Å². The highest BCUT2D eigenvalue weighted by atomic mass is 32.1. The highest BCUT2D eigenvalue weighted by Gasteiger charge is 2.19. The Bertz CT molecular complexity index is 467. The van der Waals surface area contributed by atoms with Crippen molar-refractivity contribution in [2.24, 2.45) is 0 Å². The van der Waals surface area contributed by atoms with E-state index in [1.807, 2.05) is 7.05 Å². The van der Waals surface area contributed by atoms with Crippen LogP contribution in [0.4, 0.5) is 10.5 Å². The van der Waals surface area contributed by atoms with Crippen LogP contribution in [0.25, 0.3) is 0 Å². The Labute approximate surface area is 115 Å². The van der Waals surface area contributed by atoms with E-state index in [2.05, 4.69) is 15.8 Å². The fourth-order valence-electron chi connectivity index (χ4n) is 1.76. The van der Waals surface area contributed by atoms with Gasteiger partial charge in [0.2, 0.25) is 0 Å². The Morgan fingerprint density at radius 3 is 2.53 bits per heavy atom. The molecule has 3 amide bonds. The first kappa shape index (κ1) is 13.6. The molecule has 0 saturated carbocycles. The van der Waals surface area contributed by atoms with Crippen molar-refractivity contribution in [2.75, 3.05) is 39.0 Å². The molecule has 0 spiro atoms. The number of anilines is 1. The van der Waals surface area contributed by atoms with Gasteiger partial charge in [-0.05, 0) is 18.5 Å². The third kappa shape index (κ3) is 3.36. The molecule has 2 rings (SSSR count). The van der Waals surface area contributed by atoms with E-state index in [0.29, 0.717) is 23.7 Å². The molecule has 0 radical (unpaired) electrons. The summed E-state index contributed by atoms with van der Waals surface area (Å²) in [5.41, 5.74) is 10.8. The Hall–Kier alpha value is -1.80. The van der Waals surface area contributed by atoms with E-state index < -0.39 is 5.91 Å². The molecule has 4 N–H and O–H groups in total. The highest BCUT2D eigenvalue weighted by Crippen LogP contribution is 2.17. The fourth-order valence-corrected chi connectivity index (χ4v) is 2.47. The lowest BCUT2D eigenvalue weighted by Crippen LogP contribution is -2.54. The van der Waals surface area contributed by atoms with Gasteiger partial charge in [-0.25, -0.2) is 10.2 Å². The third-order valence-corrected chi connectivity index (χ3v) is 3.90. The molecule has 104 valence electrons. The number of nitrogens with one attached hydrogen (secondary N) is 2. The second-order valence-electron chi connectivity index (χ2n) is 4.38. The van der Waals surface area contributed by atoms with Crippen LogP contribution in [-0.2, 0) is 0 Å². The second-order valence-corrected chi connectivity index (χ2v) is 5.30. The first-order chi connectivity index (χ1) is 9.08. The molecule has 1 aromatic rings. The standard InChI is InChI=1S/C11H17N5O2S/c1-15-3-5-16(6-4-15)11(18)14-13-10(17)9-8(12)2-7-19-9/h2,7H,3-6,12H2,1H3,(H,13,17)(H,14,18). The van der Waals surface area contributed by atoms with E-state index >= 15 is 0 Å². The molecule has 1 aliphatic heterocycles. The van der Waals surface area contributed by atoms with Gasteiger partial charge in [-0.2, -0.15) is 0 Å². The van der Waals surface area contributed by atoms with Crippen molar-refractivity contribution in [2.45, 2.75) is 0 Å². The lowest BCUT2D eigenvalue weighted by atomic mass is 10.3. The summed E-state index contributed by atoms with van der Waals surface area (Å²) in [5, 5.41) is 1.73. The zero-order valence-electron chi connectivity index (χ0n) is 10.7. The van der Waals surface area contributed by atoms with Crippen LogP contribution in [0.3, 0.4) is 0 Å². The number of hydrogen-bond acceptors (Lipinski definition) is 5. The lowest BCUT2D eigenvalue weighted by molar-refractivity contribution is 0.0928. The molecule has 1 saturated heterocycles. The van der Waals surface area contributed by atoms with Crippen LogP contribution < -0.4 is 16.6 Å². The molecule has 8 heteroatoms. The van der Waals surface area contributed by atoms with Crippen LogP contribution in [0.2, 0.25) is 0 Å². The number of hydrazine groups is 1. The Morgan fingerprint density at radius 2 is 1.95 bits per heavy atom. The van der Waals surface area contributed by atoms with E-state index in [9.17, 15) is 9.59 Å². The lowest BCUT2D eigenvalue weighted by Gasteiger charge is -2.32. The van der Waals surface area contributed by atoms with Crippen molar-refractivity contribution in [3.05, 3.63) is 16.3 Å². The predicted molar refractivity (Wildman–Crippen MR) is 73.8 cm³/mol. The molecule has 0 bridgehead atoms. The van der Waals surface area contributed by atoms with Gasteiger partial charge in [-0.1, -0.05) is 0 Å². The summed E-state index contributed by atoms with van der Waals surface area (Å²) in [6, 6.07) is 1.36. The van der Waals surface area contributed by atoms with Gasteiger partial charge in [-0.3, -0.25) is 10.2 Å². The average molecular weight is 283 g/mol. The largest absolute Gasteiger partial charge is 0.397 e. The van der Waals surface area contributed by atoms with Crippen LogP contribution in [-0.4, -0.2) is 55.0 Å². The van der Waals surface area contributed by atoms with E-state index in [0.717, 1.165) is 13.1 Å². The maximum atomic E-state index is 11.8. The number of nitrogen functional groups attached to an aromatic ring is 1. The summed E-state index contributed by atoms with van der Waals surface area (Å²) in [6.07, 6.45) is 0. The third-order valence-electron chi connectivity index (χ3n) is 2.98. The maximum absolute atomic E-state index is 11.8. The first-order valence-electron chi connectivity index (χ1n) is 5.94. The molecule has 0 atom stereocenters. The predicted octanol–water partition coefficient (Wildman–Crippen LogP) is -0.0679. The molecule has 1 aliphatic rings. The van der Waals surface area contributed by atoms with Crippen molar-refractivity contribution < 1.29 is 9.59 Å². The van der Waals surface area contributed by atoms with Crippen molar-refractivity contribution >= 4 is 29.0 Å². The Balaban J connectivity index is 1.81. The number of carbonyl (C=O) groups excluding carboxylic acids is 2. The number of rotatable bonds is 1. The number of hydrogen-bond donors (Lipinski definition) is 3. The summed E-state index contributed by atoms with van der Waals surface area (Å²) in [7, 11) is 2.01. The summed E-state index contributed by atoms with van der Waals surface area (Å²) >= 11 is 1.24. The van der Waals surface area contributed by atoms with Crippen molar-refractivity contribution in [1.82, 2.24) is 20.7 Å². The number of thiophene rings is 1. The highest BCUT2D eigenvalue weighted by molar-refractivity contribution is 7.12. The van der Waals surface area contributed by atoms with E-state index in [4.69, 9.17) is 5.73 Å². The number of urea groups is 1. The zero-order chi connectivity index (χ0) is 13.8. The van der Waals surface area contributed by atoms with Crippen molar-refractivity contribution in [3.8, 4) is 0 Å². The minimum Gasteiger partial charge on any atom is -0.397 e. The number of amides is 3. The van der Waals surface area contributed by atoms with Crippen LogP contribution >= 0.6 is 11.3 Å². The Kier molecular flexibility index (Phi) is 4.23. The number of carbonyl (C=O) groups is 2. The van der Waals surface area contributed by atoms with Gasteiger partial charge in [0.1, 0.15) is 4.88 Å². The van der Waals surface area contributed by atoms with E-state index in [1.54, 1.807) is 16.3 Å². The van der Waals surface area contributed by atoms with Gasteiger partial charge in [0.25, 0.3) is 5.91 Å². The maximum Gasteiger partial charge on any atom is 0.336 e. The molecule has 19 heavy (non-hydrogen) atoms. The monoisotopic (exact) mass is 283 g/mol. The molecule has 0 unspecified atom stereocenters. The van der Waals surface area contributed by atoms with Crippen LogP contribution in [0.15, 0.2) is 11.4 Å². The van der Waals surface area contributed by atoms with Gasteiger partial charge in [0, 0.05) is 26.2 Å². The number of piperazine rings is 1. The zero-order valence-corrected chi connectivity index (χ0v) is 11.5. The van der Waals surface area contributed by atoms with Crippen LogP contribution in [0.1, 0.15) is 9.67 Å². The average Bonchev–Trinajstić information content (AvgIpc) is 2.83. The molecular formula is C11H17N5O2S. The topological polar surface area (TPSA) is 90.7 Å². The fraction of sp³-hybridized carbons (Fsp3) is 0.455. The molecular weight excluding hydrogens is 266 g/mol.